The van der Waals surface area contributed by atoms with Crippen molar-refractivity contribution < 1.29 is 0 Å². The van der Waals surface area contributed by atoms with Crippen LogP contribution >= 0.6 is 0 Å². The summed E-state index contributed by atoms with van der Waals surface area (Å²) in [6, 6.07) is 19.0. The number of nitrogens with two attached hydrogens (primary N) is 2. The molecule has 2 aromatic carbocycles. The molecule has 0 amide bonds. The van der Waals surface area contributed by atoms with Gasteiger partial charge in [0.05, 0.1) is 5.52 Å². The number of nitrogen functional groups attached to an aromatic ring is 1. The predicted octanol–water partition coefficient (Wildman–Crippen LogP) is 3.93. The zero-order chi connectivity index (χ0) is 19.8. The highest BCUT2D eigenvalue weighted by atomic mass is 15.0. The Bertz CT molecular complexity index is 1190. The van der Waals surface area contributed by atoms with Gasteiger partial charge in [-0.05, 0) is 49.4 Å². The van der Waals surface area contributed by atoms with Gasteiger partial charge in [-0.1, -0.05) is 36.4 Å². The fourth-order valence-electron chi connectivity index (χ4n) is 4.45. The maximum atomic E-state index is 6.28. The lowest BCUT2D eigenvalue weighted by molar-refractivity contribution is 0.658. The van der Waals surface area contributed by atoms with E-state index in [1.165, 1.54) is 23.8 Å². The minimum absolute atomic E-state index is 0.477. The number of benzene rings is 2. The van der Waals surface area contributed by atoms with E-state index >= 15 is 0 Å². The van der Waals surface area contributed by atoms with E-state index in [1.807, 2.05) is 0 Å². The number of fused-ring (bicyclic) bond motifs is 2. The lowest BCUT2D eigenvalue weighted by Crippen LogP contribution is -2.14. The zero-order valence-electron chi connectivity index (χ0n) is 16.4. The van der Waals surface area contributed by atoms with Gasteiger partial charge in [0, 0.05) is 41.0 Å². The molecule has 0 atom stereocenters. The van der Waals surface area contributed by atoms with Gasteiger partial charge in [-0.25, -0.2) is 9.97 Å². The summed E-state index contributed by atoms with van der Waals surface area (Å²) in [7, 11) is 0. The Morgan fingerprint density at radius 2 is 1.72 bits per heavy atom. The van der Waals surface area contributed by atoms with Gasteiger partial charge in [0.1, 0.15) is 11.6 Å². The molecule has 4 aromatic rings. The van der Waals surface area contributed by atoms with Gasteiger partial charge in [0.25, 0.3) is 0 Å². The van der Waals surface area contributed by atoms with E-state index in [-0.39, 0.29) is 0 Å². The molecule has 0 spiro atoms. The Kier molecular flexibility index (Phi) is 4.52. The summed E-state index contributed by atoms with van der Waals surface area (Å²) in [5, 5.41) is 1.19. The fourth-order valence-corrected chi connectivity index (χ4v) is 4.45. The van der Waals surface area contributed by atoms with Crippen LogP contribution in [0.5, 0.6) is 0 Å². The molecule has 29 heavy (non-hydrogen) atoms. The monoisotopic (exact) mass is 383 g/mol. The van der Waals surface area contributed by atoms with Gasteiger partial charge >= 0.3 is 0 Å². The summed E-state index contributed by atoms with van der Waals surface area (Å²) in [6.07, 6.45) is 4.98. The van der Waals surface area contributed by atoms with Crippen LogP contribution in [-0.2, 0) is 25.8 Å². The van der Waals surface area contributed by atoms with Gasteiger partial charge in [0.15, 0.2) is 0 Å². The Hall–Kier alpha value is -3.18. The number of aryl methyl sites for hydroxylation is 1. The first-order valence-electron chi connectivity index (χ1n) is 10.3. The molecule has 5 nitrogen and oxygen atoms in total. The lowest BCUT2D eigenvalue weighted by atomic mass is 9.96. The molecular formula is C24H25N5. The molecular weight excluding hydrogens is 358 g/mol. The molecule has 0 saturated carbocycles. The van der Waals surface area contributed by atoms with Gasteiger partial charge in [-0.2, -0.15) is 0 Å². The number of para-hydroxylation sites is 2. The fraction of sp³-hybridized carbons (Fsp3) is 0.250. The van der Waals surface area contributed by atoms with E-state index < -0.39 is 0 Å². The molecule has 2 heterocycles. The van der Waals surface area contributed by atoms with Crippen molar-refractivity contribution in [2.75, 3.05) is 5.73 Å². The van der Waals surface area contributed by atoms with Crippen molar-refractivity contribution in [3.63, 3.8) is 0 Å². The molecule has 0 radical (unpaired) electrons. The molecule has 0 saturated heterocycles. The van der Waals surface area contributed by atoms with Gasteiger partial charge in [-0.3, -0.25) is 0 Å². The molecule has 0 aliphatic heterocycles. The maximum absolute atomic E-state index is 6.28. The predicted molar refractivity (Wildman–Crippen MR) is 117 cm³/mol. The number of aromatic nitrogens is 3. The number of hydrogen-bond donors (Lipinski definition) is 2. The van der Waals surface area contributed by atoms with Crippen molar-refractivity contribution >= 4 is 16.7 Å². The quantitative estimate of drug-likeness (QED) is 0.559. The third-order valence-corrected chi connectivity index (χ3v) is 5.84. The minimum atomic E-state index is 0.477. The third kappa shape index (κ3) is 3.17. The average molecular weight is 383 g/mol. The van der Waals surface area contributed by atoms with E-state index in [0.717, 1.165) is 46.8 Å². The molecule has 4 N–H and O–H groups in total. The Balaban J connectivity index is 1.61. The van der Waals surface area contributed by atoms with Gasteiger partial charge < -0.3 is 16.0 Å². The zero-order valence-corrected chi connectivity index (χ0v) is 16.4. The summed E-state index contributed by atoms with van der Waals surface area (Å²) >= 11 is 0. The topological polar surface area (TPSA) is 82.8 Å². The number of hydrogen-bond acceptors (Lipinski definition) is 4. The number of nitrogens with zero attached hydrogens (tertiary/aromatic N) is 3. The lowest BCUT2D eigenvalue weighted by Gasteiger charge is -2.18. The second-order valence-corrected chi connectivity index (χ2v) is 7.70. The molecule has 1 aliphatic carbocycles. The summed E-state index contributed by atoms with van der Waals surface area (Å²) in [4.78, 5) is 9.51. The summed E-state index contributed by atoms with van der Waals surface area (Å²) in [6.45, 7) is 0.477. The normalized spacial score (nSPS) is 13.6. The summed E-state index contributed by atoms with van der Waals surface area (Å²) < 4.78 is 2.26. The maximum Gasteiger partial charge on any atom is 0.135 e. The first-order valence-corrected chi connectivity index (χ1v) is 10.3. The van der Waals surface area contributed by atoms with Crippen LogP contribution in [0.2, 0.25) is 0 Å². The second kappa shape index (κ2) is 7.33. The van der Waals surface area contributed by atoms with Gasteiger partial charge in [0.2, 0.25) is 0 Å². The summed E-state index contributed by atoms with van der Waals surface area (Å²) in [5.74, 6) is 1.44. The van der Waals surface area contributed by atoms with E-state index in [9.17, 15) is 0 Å². The van der Waals surface area contributed by atoms with Crippen molar-refractivity contribution in [1.82, 2.24) is 14.5 Å². The van der Waals surface area contributed by atoms with Crippen LogP contribution < -0.4 is 11.5 Å². The van der Waals surface area contributed by atoms with Crippen LogP contribution in [-0.4, -0.2) is 14.5 Å². The molecule has 1 aliphatic rings. The Labute approximate surface area is 170 Å². The molecule has 5 rings (SSSR count). The van der Waals surface area contributed by atoms with Crippen LogP contribution in [0.25, 0.3) is 16.6 Å². The van der Waals surface area contributed by atoms with E-state index in [4.69, 9.17) is 16.5 Å². The molecule has 0 unspecified atom stereocenters. The van der Waals surface area contributed by atoms with Crippen LogP contribution in [0, 0.1) is 0 Å². The highest BCUT2D eigenvalue weighted by Crippen LogP contribution is 2.28. The second-order valence-electron chi connectivity index (χ2n) is 7.70. The van der Waals surface area contributed by atoms with Crippen molar-refractivity contribution in [3.05, 3.63) is 82.9 Å². The highest BCUT2D eigenvalue weighted by Gasteiger charge is 2.18. The SMILES string of the molecule is NCc1cc2ccccc2n1-c1ccccc1Cc1nc(N)c2c(n1)CCCC2. The van der Waals surface area contributed by atoms with Crippen molar-refractivity contribution in [1.29, 1.82) is 0 Å². The summed E-state index contributed by atoms with van der Waals surface area (Å²) in [5.41, 5.74) is 19.2. The van der Waals surface area contributed by atoms with E-state index in [1.54, 1.807) is 0 Å². The highest BCUT2D eigenvalue weighted by molar-refractivity contribution is 5.83. The number of anilines is 1. The van der Waals surface area contributed by atoms with E-state index in [0.29, 0.717) is 18.8 Å². The minimum Gasteiger partial charge on any atom is -0.383 e. The largest absolute Gasteiger partial charge is 0.383 e. The Morgan fingerprint density at radius 1 is 0.931 bits per heavy atom. The first kappa shape index (κ1) is 17.9. The van der Waals surface area contributed by atoms with Crippen LogP contribution in [0.15, 0.2) is 54.6 Å². The molecule has 5 heteroatoms. The van der Waals surface area contributed by atoms with Crippen LogP contribution in [0.1, 0.15) is 41.2 Å². The van der Waals surface area contributed by atoms with E-state index in [2.05, 4.69) is 64.1 Å². The van der Waals surface area contributed by atoms with Crippen molar-refractivity contribution in [3.8, 4) is 5.69 Å². The standard InChI is InChI=1S/C24H25N5/c25-15-18-13-16-7-1-5-11-21(16)29(18)22-12-6-2-8-17(22)14-23-27-20-10-4-3-9-19(20)24(26)28-23/h1-2,5-8,11-13H,3-4,9-10,14-15,25H2,(H2,26,27,28). The first-order chi connectivity index (χ1) is 14.2. The molecule has 0 fully saturated rings. The van der Waals surface area contributed by atoms with Crippen LogP contribution in [0.4, 0.5) is 5.82 Å². The van der Waals surface area contributed by atoms with Crippen LogP contribution in [0.3, 0.4) is 0 Å². The van der Waals surface area contributed by atoms with Crippen molar-refractivity contribution in [2.24, 2.45) is 5.73 Å². The number of rotatable bonds is 4. The molecule has 146 valence electrons. The Morgan fingerprint density at radius 3 is 2.62 bits per heavy atom. The molecule has 2 aromatic heterocycles. The molecule has 0 bridgehead atoms. The third-order valence-electron chi connectivity index (χ3n) is 5.84. The average Bonchev–Trinajstić information content (AvgIpc) is 3.13. The van der Waals surface area contributed by atoms with Gasteiger partial charge in [-0.15, -0.1) is 0 Å². The van der Waals surface area contributed by atoms with Crippen molar-refractivity contribution in [2.45, 2.75) is 38.6 Å². The smallest absolute Gasteiger partial charge is 0.135 e.